The Morgan fingerprint density at radius 2 is 0.936 bits per heavy atom. The molecule has 3 N–H and O–H groups in total. The van der Waals surface area contributed by atoms with E-state index in [-0.39, 0.29) is 152 Å². The van der Waals surface area contributed by atoms with Crippen molar-refractivity contribution in [3.63, 3.8) is 0 Å². The number of aromatic nitrogens is 5. The summed E-state index contributed by atoms with van der Waals surface area (Å²) in [5.74, 6) is -0.699. The molecule has 2 fully saturated rings. The Labute approximate surface area is 668 Å². The number of amides is 1. The average molecular weight is 1650 g/mol. The molecule has 578 valence electrons. The minimum absolute atomic E-state index is 0.00232. The molecule has 20 nitrogen and oxygen atoms in total. The van der Waals surface area contributed by atoms with Crippen molar-refractivity contribution in [2.24, 2.45) is 5.92 Å². The molecule has 1 saturated heterocycles. The van der Waals surface area contributed by atoms with Crippen LogP contribution in [0.4, 0.5) is 52.3 Å². The van der Waals surface area contributed by atoms with E-state index in [4.69, 9.17) is 110 Å². The number of nitrogens with zero attached hydrogens (tertiary/aromatic N) is 7. The number of halogens is 11. The first kappa shape index (κ1) is 85.7. The Bertz CT molecular complexity index is 4770. The van der Waals surface area contributed by atoms with Gasteiger partial charge in [-0.2, -0.15) is 0 Å². The zero-order valence-electron chi connectivity index (χ0n) is 60.8. The van der Waals surface area contributed by atoms with Crippen LogP contribution in [0.1, 0.15) is 82.7 Å². The van der Waals surface area contributed by atoms with Crippen molar-refractivity contribution in [2.45, 2.75) is 58.4 Å². The van der Waals surface area contributed by atoms with Gasteiger partial charge in [0.15, 0.2) is 17.3 Å². The predicted octanol–water partition coefficient (Wildman–Crippen LogP) is 20.0. The second-order valence-corrected chi connectivity index (χ2v) is 27.2. The molecular formula is C79H75Cl7F4N10O10. The molecule has 4 heterocycles. The van der Waals surface area contributed by atoms with Gasteiger partial charge in [-0.3, -0.25) is 19.2 Å². The van der Waals surface area contributed by atoms with E-state index in [0.29, 0.717) is 66.5 Å². The highest BCUT2D eigenvalue weighted by molar-refractivity contribution is 6.41. The molecule has 110 heavy (non-hydrogen) atoms. The first-order valence-corrected chi connectivity index (χ1v) is 36.2. The lowest BCUT2D eigenvalue weighted by Gasteiger charge is -2.36. The number of methoxy groups -OCH3 is 6. The molecule has 8 aromatic rings. The molecular weight excluding hydrogens is 1570 g/mol. The van der Waals surface area contributed by atoms with E-state index in [9.17, 15) is 23.6 Å². The van der Waals surface area contributed by atoms with Crippen molar-refractivity contribution in [2.75, 3.05) is 89.7 Å². The highest BCUT2D eigenvalue weighted by atomic mass is 35.5. The fourth-order valence-corrected chi connectivity index (χ4v) is 14.0. The molecule has 1 aliphatic heterocycles. The predicted molar refractivity (Wildman–Crippen MR) is 430 cm³/mol. The van der Waals surface area contributed by atoms with Crippen LogP contribution < -0.4 is 49.3 Å². The summed E-state index contributed by atoms with van der Waals surface area (Å²) in [5.41, 5.74) is 4.64. The standard InChI is InChI=1S/C31H32Cl2FN5O4.C25H19Cl3F2N2O3.C23H24Cl2FN3O3/c1-6-23(41)14-21-13-22(39-9-7-38(8-10-39)19(3)40)11-18(2)30(21)37-31-35-16-20(17-36-31)12-24(34)27-28(32)25(42-4)15-26(43-5)29(27)33;1-4-16(33)9-14-8-15(26)10-18(30)25(14)32-21-6-5-13(12-31-21)7-17(29)22-23(27)19(34-2)11-20(35-3)24(22)28;1-4-15(30)9-14-6-5-7-17(14)29-23-27-11-13(12-28-23)8-16(26)20-21(24)18(31-2)10-19(32-3)22(20)25/h6,11-13,15-17H,1,7-10,14H2,2-5H3,(H,35,36,37);4-8,10-12H,1,9H2,2-3H3,(H,31,32);4,8,10-12,14,17H,1,5-7,9H2,2-3H3,(H,27,28,29)/b24-12-;17-7-;16-8-. The summed E-state index contributed by atoms with van der Waals surface area (Å²) >= 11 is 43.7. The molecule has 3 aromatic heterocycles. The number of anilines is 6. The zero-order valence-corrected chi connectivity index (χ0v) is 66.1. The number of allylic oxidation sites excluding steroid dienone is 3. The van der Waals surface area contributed by atoms with Gasteiger partial charge in [0, 0.05) is 135 Å². The quantitative estimate of drug-likeness (QED) is 0.0306. The minimum atomic E-state index is -0.742. The van der Waals surface area contributed by atoms with Crippen LogP contribution in [-0.2, 0) is 32.0 Å². The van der Waals surface area contributed by atoms with Gasteiger partial charge in [-0.05, 0) is 121 Å². The number of carbonyl (C=O) groups is 4. The number of aryl methyl sites for hydroxylation is 1. The van der Waals surface area contributed by atoms with E-state index in [0.717, 1.165) is 48.2 Å². The molecule has 2 unspecified atom stereocenters. The number of hydrogen-bond donors (Lipinski definition) is 3. The molecule has 10 rings (SSSR count). The van der Waals surface area contributed by atoms with Crippen LogP contribution in [0.5, 0.6) is 34.5 Å². The molecule has 1 aliphatic carbocycles. The van der Waals surface area contributed by atoms with Gasteiger partial charge in [-0.15, -0.1) is 0 Å². The summed E-state index contributed by atoms with van der Waals surface area (Å²) in [6, 6.07) is 14.2. The third-order valence-electron chi connectivity index (χ3n) is 17.4. The SMILES string of the molecule is C=CC(=O)CC1CCCC1Nc1ncc(/C=C(\F)c2c(Cl)c(OC)cc(OC)c2Cl)cn1.C=CC(=O)Cc1cc(Cl)cc(F)c1Nc1ccc(/C=C(\F)c2c(Cl)c(OC)cc(OC)c2Cl)cn1.C=CC(=O)Cc1cc(N2CCN(C(C)=O)CC2)cc(C)c1Nc1ncc(/C=C(\F)c2c(Cl)c(OC)cc(OC)c2Cl)cn1. The Morgan fingerprint density at radius 1 is 0.518 bits per heavy atom. The molecule has 5 aromatic carbocycles. The molecule has 2 atom stereocenters. The minimum Gasteiger partial charge on any atom is -0.495 e. The largest absolute Gasteiger partial charge is 0.495 e. The number of ketones is 3. The second-order valence-electron chi connectivity index (χ2n) is 24.5. The first-order chi connectivity index (χ1) is 52.6. The van der Waals surface area contributed by atoms with Crippen molar-refractivity contribution in [1.82, 2.24) is 29.8 Å². The maximum Gasteiger partial charge on any atom is 0.227 e. The fourth-order valence-electron chi connectivity index (χ4n) is 11.7. The van der Waals surface area contributed by atoms with Gasteiger partial charge in [-0.25, -0.2) is 42.5 Å². The summed E-state index contributed by atoms with van der Waals surface area (Å²) in [7, 11) is 8.42. The fraction of sp³-hybridized carbons (Fsp3) is 0.253. The highest BCUT2D eigenvalue weighted by Gasteiger charge is 2.30. The number of rotatable bonds is 28. The molecule has 2 aliphatic rings. The molecule has 0 spiro atoms. The van der Waals surface area contributed by atoms with Gasteiger partial charge in [-0.1, -0.05) is 107 Å². The number of ether oxygens (including phenoxy) is 6. The van der Waals surface area contributed by atoms with Crippen LogP contribution in [-0.4, -0.2) is 128 Å². The lowest BCUT2D eigenvalue weighted by molar-refractivity contribution is -0.129. The third-order valence-corrected chi connectivity index (χ3v) is 19.9. The first-order valence-electron chi connectivity index (χ1n) is 33.5. The lowest BCUT2D eigenvalue weighted by atomic mass is 9.97. The van der Waals surface area contributed by atoms with E-state index in [1.165, 1.54) is 134 Å². The Morgan fingerprint density at radius 3 is 1.35 bits per heavy atom. The number of hydrogen-bond acceptors (Lipinski definition) is 19. The topological polar surface area (TPSA) is 231 Å². The maximum atomic E-state index is 15.4. The van der Waals surface area contributed by atoms with Crippen LogP contribution in [0, 0.1) is 18.7 Å². The Hall–Kier alpha value is -9.92. The molecule has 0 radical (unpaired) electrons. The normalized spacial score (nSPS) is 14.2. The van der Waals surface area contributed by atoms with E-state index < -0.39 is 23.3 Å². The van der Waals surface area contributed by atoms with Gasteiger partial charge in [0.2, 0.25) is 17.8 Å². The Balaban J connectivity index is 0.000000210. The van der Waals surface area contributed by atoms with Gasteiger partial charge in [0.05, 0.1) is 95.2 Å². The van der Waals surface area contributed by atoms with E-state index >= 15 is 13.2 Å². The van der Waals surface area contributed by atoms with Crippen molar-refractivity contribution in [3.05, 3.63) is 215 Å². The van der Waals surface area contributed by atoms with Gasteiger partial charge >= 0.3 is 0 Å². The zero-order chi connectivity index (χ0) is 80.2. The van der Waals surface area contributed by atoms with Gasteiger partial charge in [0.1, 0.15) is 63.6 Å². The summed E-state index contributed by atoms with van der Waals surface area (Å²) < 4.78 is 91.3. The highest BCUT2D eigenvalue weighted by Crippen LogP contribution is 2.48. The van der Waals surface area contributed by atoms with E-state index in [2.05, 4.69) is 65.5 Å². The summed E-state index contributed by atoms with van der Waals surface area (Å²) in [6.07, 6.45) is 18.1. The number of benzene rings is 5. The average Bonchev–Trinajstić information content (AvgIpc) is 0.937. The molecule has 1 amide bonds. The second kappa shape index (κ2) is 40.1. The van der Waals surface area contributed by atoms with Crippen LogP contribution in [0.15, 0.2) is 124 Å². The molecule has 31 heteroatoms. The van der Waals surface area contributed by atoms with Crippen molar-refractivity contribution >= 4 is 175 Å². The monoisotopic (exact) mass is 1640 g/mol. The number of nitrogens with one attached hydrogen (secondary N) is 3. The van der Waals surface area contributed by atoms with Crippen molar-refractivity contribution in [1.29, 1.82) is 0 Å². The molecule has 0 bridgehead atoms. The maximum absolute atomic E-state index is 15.4. The van der Waals surface area contributed by atoms with E-state index in [1.54, 1.807) is 13.0 Å². The van der Waals surface area contributed by atoms with Crippen molar-refractivity contribution < 1.29 is 65.2 Å². The lowest BCUT2D eigenvalue weighted by Crippen LogP contribution is -2.48. The Kier molecular flexibility index (Phi) is 31.3. The van der Waals surface area contributed by atoms with E-state index in [1.807, 2.05) is 24.0 Å². The third kappa shape index (κ3) is 21.8. The number of pyridine rings is 1. The van der Waals surface area contributed by atoms with Crippen LogP contribution >= 0.6 is 81.2 Å². The molecule has 1 saturated carbocycles. The van der Waals surface area contributed by atoms with Crippen LogP contribution in [0.25, 0.3) is 35.7 Å². The van der Waals surface area contributed by atoms with Crippen molar-refractivity contribution in [3.8, 4) is 34.5 Å². The summed E-state index contributed by atoms with van der Waals surface area (Å²) in [6.45, 7) is 16.7. The number of carbonyl (C=O) groups excluding carboxylic acids is 4. The summed E-state index contributed by atoms with van der Waals surface area (Å²) in [5, 5.41) is 9.52. The van der Waals surface area contributed by atoms with Crippen LogP contribution in [0.2, 0.25) is 35.2 Å². The van der Waals surface area contributed by atoms with Crippen LogP contribution in [0.3, 0.4) is 0 Å². The smallest absolute Gasteiger partial charge is 0.227 e. The number of piperazine rings is 1. The van der Waals surface area contributed by atoms with Gasteiger partial charge < -0.3 is 54.2 Å². The van der Waals surface area contributed by atoms with Gasteiger partial charge in [0.25, 0.3) is 0 Å². The summed E-state index contributed by atoms with van der Waals surface area (Å²) in [4.78, 5) is 73.1.